The van der Waals surface area contributed by atoms with Gasteiger partial charge in [0.25, 0.3) is 5.69 Å². The number of nitro groups is 1. The fraction of sp³-hybridized carbons (Fsp3) is 0.211. The van der Waals surface area contributed by atoms with E-state index < -0.39 is 11.5 Å². The van der Waals surface area contributed by atoms with Gasteiger partial charge in [-0.15, -0.1) is 0 Å². The van der Waals surface area contributed by atoms with Crippen LogP contribution in [-0.2, 0) is 6.61 Å². The topological polar surface area (TPSA) is 104 Å². The van der Waals surface area contributed by atoms with Gasteiger partial charge in [-0.25, -0.2) is 4.98 Å². The summed E-state index contributed by atoms with van der Waals surface area (Å²) in [6, 6.07) is 9.97. The van der Waals surface area contributed by atoms with Crippen molar-refractivity contribution in [3.63, 3.8) is 0 Å². The minimum atomic E-state index is -0.505. The normalized spacial score (nSPS) is 10.7. The molecule has 0 aliphatic heterocycles. The number of rotatable bonds is 6. The number of benzene rings is 2. The van der Waals surface area contributed by atoms with Crippen LogP contribution in [0.3, 0.4) is 0 Å². The second-order valence-electron chi connectivity index (χ2n) is 5.67. The summed E-state index contributed by atoms with van der Waals surface area (Å²) in [7, 11) is 4.57. The lowest BCUT2D eigenvalue weighted by Gasteiger charge is -2.14. The van der Waals surface area contributed by atoms with Gasteiger partial charge in [-0.2, -0.15) is 0 Å². The summed E-state index contributed by atoms with van der Waals surface area (Å²) in [5, 5.41) is 21.1. The molecule has 1 heterocycles. The van der Waals surface area contributed by atoms with Crippen molar-refractivity contribution in [1.29, 1.82) is 0 Å². The van der Waals surface area contributed by atoms with Crippen LogP contribution in [-0.4, -0.2) is 36.3 Å². The fourth-order valence-electron chi connectivity index (χ4n) is 2.97. The van der Waals surface area contributed by atoms with E-state index in [1.54, 1.807) is 30.3 Å². The maximum atomic E-state index is 11.4. The second-order valence-corrected chi connectivity index (χ2v) is 5.67. The first-order valence-electron chi connectivity index (χ1n) is 8.02. The van der Waals surface area contributed by atoms with E-state index in [-0.39, 0.29) is 11.3 Å². The minimum absolute atomic E-state index is 0.140. The second kappa shape index (κ2) is 7.46. The number of hydrogen-bond donors (Lipinski definition) is 1. The number of methoxy groups -OCH3 is 3. The molecule has 1 aromatic heterocycles. The third kappa shape index (κ3) is 3.22. The van der Waals surface area contributed by atoms with E-state index in [2.05, 4.69) is 4.98 Å². The van der Waals surface area contributed by atoms with Gasteiger partial charge < -0.3 is 19.3 Å². The Kier molecular flexibility index (Phi) is 5.09. The zero-order valence-corrected chi connectivity index (χ0v) is 15.1. The van der Waals surface area contributed by atoms with Crippen LogP contribution in [0.5, 0.6) is 17.2 Å². The quantitative estimate of drug-likeness (QED) is 0.524. The first kappa shape index (κ1) is 18.4. The largest absolute Gasteiger partial charge is 0.493 e. The molecule has 0 amide bonds. The third-order valence-corrected chi connectivity index (χ3v) is 4.24. The molecule has 8 heteroatoms. The van der Waals surface area contributed by atoms with Gasteiger partial charge in [0.2, 0.25) is 5.75 Å². The monoisotopic (exact) mass is 370 g/mol. The number of aliphatic hydroxyl groups is 1. The average Bonchev–Trinajstić information content (AvgIpc) is 2.70. The number of ether oxygens (including phenoxy) is 3. The summed E-state index contributed by atoms with van der Waals surface area (Å²) in [6.45, 7) is -0.416. The van der Waals surface area contributed by atoms with E-state index >= 15 is 0 Å². The lowest BCUT2D eigenvalue weighted by Crippen LogP contribution is -1.98. The standard InChI is InChI=1S/C19H18N2O6/c1-25-16-8-12(9-17(26-2)19(16)27-3)14-7-5-13-15(20-14)6-4-11(10-22)18(13)21(23)24/h4-9,22H,10H2,1-3H3. The van der Waals surface area contributed by atoms with E-state index in [0.717, 1.165) is 0 Å². The zero-order valence-electron chi connectivity index (χ0n) is 15.1. The molecule has 2 aromatic carbocycles. The van der Waals surface area contributed by atoms with Crippen LogP contribution >= 0.6 is 0 Å². The maximum Gasteiger partial charge on any atom is 0.284 e. The summed E-state index contributed by atoms with van der Waals surface area (Å²) in [5.41, 5.74) is 1.85. The van der Waals surface area contributed by atoms with Gasteiger partial charge in [0.05, 0.1) is 55.0 Å². The number of aliphatic hydroxyl groups excluding tert-OH is 1. The number of nitrogens with zero attached hydrogens (tertiary/aromatic N) is 2. The summed E-state index contributed by atoms with van der Waals surface area (Å²) in [4.78, 5) is 15.4. The van der Waals surface area contributed by atoms with Crippen molar-refractivity contribution >= 4 is 16.6 Å². The molecule has 0 aliphatic carbocycles. The van der Waals surface area contributed by atoms with Crippen molar-refractivity contribution in [2.75, 3.05) is 21.3 Å². The van der Waals surface area contributed by atoms with Crippen molar-refractivity contribution in [2.24, 2.45) is 0 Å². The van der Waals surface area contributed by atoms with Crippen molar-refractivity contribution in [2.45, 2.75) is 6.61 Å². The first-order valence-corrected chi connectivity index (χ1v) is 8.02. The number of nitro benzene ring substituents is 1. The van der Waals surface area contributed by atoms with Gasteiger partial charge in [0.1, 0.15) is 0 Å². The average molecular weight is 370 g/mol. The summed E-state index contributed by atoms with van der Waals surface area (Å²) < 4.78 is 16.0. The van der Waals surface area contributed by atoms with Crippen LogP contribution < -0.4 is 14.2 Å². The van der Waals surface area contributed by atoms with Gasteiger partial charge in [-0.05, 0) is 36.4 Å². The van der Waals surface area contributed by atoms with Gasteiger partial charge in [0.15, 0.2) is 11.5 Å². The van der Waals surface area contributed by atoms with Crippen LogP contribution in [0.1, 0.15) is 5.56 Å². The Hall–Kier alpha value is -3.39. The lowest BCUT2D eigenvalue weighted by molar-refractivity contribution is -0.384. The first-order chi connectivity index (χ1) is 13.0. The fourth-order valence-corrected chi connectivity index (χ4v) is 2.97. The van der Waals surface area contributed by atoms with Gasteiger partial charge in [-0.1, -0.05) is 0 Å². The molecule has 0 radical (unpaired) electrons. The van der Waals surface area contributed by atoms with Crippen LogP contribution in [0.15, 0.2) is 36.4 Å². The van der Waals surface area contributed by atoms with Gasteiger partial charge in [-0.3, -0.25) is 10.1 Å². The number of pyridine rings is 1. The molecule has 3 rings (SSSR count). The Balaban J connectivity index is 2.20. The Morgan fingerprint density at radius 3 is 2.22 bits per heavy atom. The minimum Gasteiger partial charge on any atom is -0.493 e. The number of aromatic nitrogens is 1. The molecule has 0 spiro atoms. The Morgan fingerprint density at radius 1 is 1.04 bits per heavy atom. The highest BCUT2D eigenvalue weighted by atomic mass is 16.6. The van der Waals surface area contributed by atoms with Crippen LogP contribution in [0.25, 0.3) is 22.2 Å². The van der Waals surface area contributed by atoms with E-state index in [4.69, 9.17) is 14.2 Å². The number of fused-ring (bicyclic) bond motifs is 1. The molecular formula is C19H18N2O6. The van der Waals surface area contributed by atoms with Crippen LogP contribution in [0.4, 0.5) is 5.69 Å². The number of hydrogen-bond acceptors (Lipinski definition) is 7. The molecule has 0 bridgehead atoms. The highest BCUT2D eigenvalue weighted by Gasteiger charge is 2.20. The van der Waals surface area contributed by atoms with Crippen molar-refractivity contribution in [3.05, 3.63) is 52.1 Å². The molecule has 140 valence electrons. The highest BCUT2D eigenvalue weighted by molar-refractivity contribution is 5.91. The van der Waals surface area contributed by atoms with E-state index in [9.17, 15) is 15.2 Å². The molecule has 27 heavy (non-hydrogen) atoms. The molecule has 0 aliphatic rings. The lowest BCUT2D eigenvalue weighted by atomic mass is 10.0. The SMILES string of the molecule is COc1cc(-c2ccc3c([N+](=O)[O-])c(CO)ccc3n2)cc(OC)c1OC. The van der Waals surface area contributed by atoms with Gasteiger partial charge in [0, 0.05) is 5.56 Å². The Bertz CT molecular complexity index is 993. The molecule has 0 atom stereocenters. The predicted octanol–water partition coefficient (Wildman–Crippen LogP) is 3.33. The molecule has 3 aromatic rings. The summed E-state index contributed by atoms with van der Waals surface area (Å²) in [5.74, 6) is 1.43. The van der Waals surface area contributed by atoms with E-state index in [0.29, 0.717) is 39.4 Å². The maximum absolute atomic E-state index is 11.4. The van der Waals surface area contributed by atoms with Crippen molar-refractivity contribution < 1.29 is 24.2 Å². The molecular weight excluding hydrogens is 352 g/mol. The zero-order chi connectivity index (χ0) is 19.6. The van der Waals surface area contributed by atoms with Gasteiger partial charge >= 0.3 is 0 Å². The van der Waals surface area contributed by atoms with Crippen molar-refractivity contribution in [3.8, 4) is 28.5 Å². The molecule has 0 fully saturated rings. The van der Waals surface area contributed by atoms with E-state index in [1.165, 1.54) is 27.4 Å². The van der Waals surface area contributed by atoms with Crippen LogP contribution in [0.2, 0.25) is 0 Å². The molecule has 0 saturated heterocycles. The Morgan fingerprint density at radius 2 is 1.70 bits per heavy atom. The predicted molar refractivity (Wildman–Crippen MR) is 99.4 cm³/mol. The third-order valence-electron chi connectivity index (χ3n) is 4.24. The summed E-state index contributed by atoms with van der Waals surface area (Å²) >= 11 is 0. The smallest absolute Gasteiger partial charge is 0.284 e. The van der Waals surface area contributed by atoms with Crippen LogP contribution in [0, 0.1) is 10.1 Å². The molecule has 0 unspecified atom stereocenters. The Labute approximate surface area is 155 Å². The molecule has 8 nitrogen and oxygen atoms in total. The highest BCUT2D eigenvalue weighted by Crippen LogP contribution is 2.41. The van der Waals surface area contributed by atoms with E-state index in [1.807, 2.05) is 0 Å². The van der Waals surface area contributed by atoms with Crippen molar-refractivity contribution in [1.82, 2.24) is 4.98 Å². The molecule has 0 saturated carbocycles. The molecule has 1 N–H and O–H groups in total. The summed E-state index contributed by atoms with van der Waals surface area (Å²) in [6.07, 6.45) is 0.